The third-order valence-electron chi connectivity index (χ3n) is 5.81. The van der Waals surface area contributed by atoms with Gasteiger partial charge in [0.1, 0.15) is 0 Å². The van der Waals surface area contributed by atoms with Crippen LogP contribution in [0.4, 0.5) is 0 Å². The molecular formula is C26H39NO. The second kappa shape index (κ2) is 11.4. The Kier molecular flexibility index (Phi) is 9.21. The van der Waals surface area contributed by atoms with Crippen LogP contribution >= 0.6 is 0 Å². The number of hydrogen-bond acceptors (Lipinski definition) is 2. The van der Waals surface area contributed by atoms with Crippen molar-refractivity contribution in [3.05, 3.63) is 69.8 Å². The molecule has 0 aliphatic carbocycles. The first-order valence-electron chi connectivity index (χ1n) is 11.0. The van der Waals surface area contributed by atoms with Crippen LogP contribution in [0.15, 0.2) is 36.4 Å². The molecule has 2 aromatic carbocycles. The Hall–Kier alpha value is -1.64. The molecule has 0 saturated carbocycles. The van der Waals surface area contributed by atoms with Gasteiger partial charge in [-0.15, -0.1) is 0 Å². The van der Waals surface area contributed by atoms with Gasteiger partial charge in [-0.25, -0.2) is 0 Å². The predicted octanol–water partition coefficient (Wildman–Crippen LogP) is 6.69. The topological polar surface area (TPSA) is 12.5 Å². The molecule has 0 amide bonds. The number of aryl methyl sites for hydroxylation is 4. The van der Waals surface area contributed by atoms with E-state index in [1.165, 1.54) is 65.7 Å². The quantitative estimate of drug-likeness (QED) is 0.552. The van der Waals surface area contributed by atoms with E-state index in [0.717, 1.165) is 6.54 Å². The van der Waals surface area contributed by atoms with Gasteiger partial charge in [0.2, 0.25) is 0 Å². The minimum Gasteiger partial charge on any atom is -0.367 e. The number of likely N-dealkylation sites (tertiary alicyclic amines) is 1. The predicted molar refractivity (Wildman–Crippen MR) is 121 cm³/mol. The molecule has 2 aromatic rings. The maximum atomic E-state index is 6.60. The van der Waals surface area contributed by atoms with Gasteiger partial charge in [-0.3, -0.25) is 0 Å². The standard InChI is InChI=1S/C24H33NO.C2H6/c1-18-10-8-11-19(2)22(18)17-26-23(16-25-14-6-5-7-15-25)24-20(3)12-9-13-21(24)4;1-2/h8-13,23H,5-7,14-17H2,1-4H3;1-2H3. The highest BCUT2D eigenvalue weighted by Crippen LogP contribution is 2.29. The summed E-state index contributed by atoms with van der Waals surface area (Å²) in [7, 11) is 0. The molecule has 1 fully saturated rings. The number of benzene rings is 2. The Labute approximate surface area is 172 Å². The largest absolute Gasteiger partial charge is 0.367 e. The second-order valence-corrected chi connectivity index (χ2v) is 7.84. The summed E-state index contributed by atoms with van der Waals surface area (Å²) in [4.78, 5) is 2.59. The van der Waals surface area contributed by atoms with E-state index in [2.05, 4.69) is 69.0 Å². The van der Waals surface area contributed by atoms with E-state index >= 15 is 0 Å². The van der Waals surface area contributed by atoms with E-state index in [1.807, 2.05) is 13.8 Å². The minimum atomic E-state index is 0.133. The molecular weight excluding hydrogens is 342 g/mol. The monoisotopic (exact) mass is 381 g/mol. The molecule has 1 aliphatic heterocycles. The molecule has 1 atom stereocenters. The fraction of sp³-hybridized carbons (Fsp3) is 0.538. The Bertz CT molecular complexity index is 691. The molecule has 3 rings (SSSR count). The summed E-state index contributed by atoms with van der Waals surface area (Å²) < 4.78 is 6.60. The van der Waals surface area contributed by atoms with Gasteiger partial charge in [0.05, 0.1) is 12.7 Å². The van der Waals surface area contributed by atoms with Crippen LogP contribution in [-0.4, -0.2) is 24.5 Å². The van der Waals surface area contributed by atoms with Crippen molar-refractivity contribution in [3.8, 4) is 0 Å². The highest BCUT2D eigenvalue weighted by atomic mass is 16.5. The van der Waals surface area contributed by atoms with Crippen molar-refractivity contribution in [1.82, 2.24) is 4.90 Å². The summed E-state index contributed by atoms with van der Waals surface area (Å²) >= 11 is 0. The first-order chi connectivity index (χ1) is 13.6. The molecule has 154 valence electrons. The third-order valence-corrected chi connectivity index (χ3v) is 5.81. The van der Waals surface area contributed by atoms with Gasteiger partial charge in [-0.2, -0.15) is 0 Å². The summed E-state index contributed by atoms with van der Waals surface area (Å²) in [6, 6.07) is 13.1. The summed E-state index contributed by atoms with van der Waals surface area (Å²) in [6.07, 6.45) is 4.13. The number of rotatable bonds is 6. The first kappa shape index (κ1) is 22.6. The van der Waals surface area contributed by atoms with E-state index in [-0.39, 0.29) is 6.10 Å². The van der Waals surface area contributed by atoms with Crippen molar-refractivity contribution in [2.75, 3.05) is 19.6 Å². The number of piperidine rings is 1. The molecule has 0 aromatic heterocycles. The molecule has 1 unspecified atom stereocenters. The van der Waals surface area contributed by atoms with E-state index in [4.69, 9.17) is 4.74 Å². The van der Waals surface area contributed by atoms with Crippen LogP contribution in [0.3, 0.4) is 0 Å². The van der Waals surface area contributed by atoms with E-state index < -0.39 is 0 Å². The molecule has 0 radical (unpaired) electrons. The number of hydrogen-bond donors (Lipinski definition) is 0. The van der Waals surface area contributed by atoms with Crippen molar-refractivity contribution in [2.45, 2.75) is 73.5 Å². The van der Waals surface area contributed by atoms with Crippen LogP contribution < -0.4 is 0 Å². The summed E-state index contributed by atoms with van der Waals surface area (Å²) in [5.74, 6) is 0. The molecule has 1 aliphatic rings. The summed E-state index contributed by atoms with van der Waals surface area (Å²) in [5.41, 5.74) is 8.04. The Morgan fingerprint density at radius 1 is 0.786 bits per heavy atom. The van der Waals surface area contributed by atoms with Crippen LogP contribution in [0.1, 0.15) is 72.6 Å². The maximum absolute atomic E-state index is 6.60. The second-order valence-electron chi connectivity index (χ2n) is 7.84. The first-order valence-corrected chi connectivity index (χ1v) is 11.0. The maximum Gasteiger partial charge on any atom is 0.0961 e. The lowest BCUT2D eigenvalue weighted by Gasteiger charge is -2.32. The minimum absolute atomic E-state index is 0.133. The van der Waals surface area contributed by atoms with Gasteiger partial charge in [0.15, 0.2) is 0 Å². The zero-order valence-corrected chi connectivity index (χ0v) is 18.8. The van der Waals surface area contributed by atoms with Crippen molar-refractivity contribution in [2.24, 2.45) is 0 Å². The molecule has 2 nitrogen and oxygen atoms in total. The SMILES string of the molecule is CC.Cc1cccc(C)c1COC(CN1CCCCC1)c1c(C)cccc1C. The van der Waals surface area contributed by atoms with E-state index in [0.29, 0.717) is 6.61 Å². The molecule has 0 N–H and O–H groups in total. The zero-order valence-electron chi connectivity index (χ0n) is 18.8. The fourth-order valence-corrected chi connectivity index (χ4v) is 4.20. The van der Waals surface area contributed by atoms with Gasteiger partial charge >= 0.3 is 0 Å². The number of ether oxygens (including phenoxy) is 1. The van der Waals surface area contributed by atoms with Crippen LogP contribution in [0.5, 0.6) is 0 Å². The van der Waals surface area contributed by atoms with E-state index in [1.54, 1.807) is 0 Å². The van der Waals surface area contributed by atoms with Crippen LogP contribution in [0.25, 0.3) is 0 Å². The molecule has 28 heavy (non-hydrogen) atoms. The van der Waals surface area contributed by atoms with Gasteiger partial charge in [0.25, 0.3) is 0 Å². The normalized spacial score (nSPS) is 15.6. The zero-order chi connectivity index (χ0) is 20.5. The van der Waals surface area contributed by atoms with Crippen molar-refractivity contribution in [1.29, 1.82) is 0 Å². The van der Waals surface area contributed by atoms with Crippen LogP contribution in [0, 0.1) is 27.7 Å². The highest BCUT2D eigenvalue weighted by Gasteiger charge is 2.22. The van der Waals surface area contributed by atoms with Crippen LogP contribution in [0.2, 0.25) is 0 Å². The Balaban J connectivity index is 0.00000136. The Morgan fingerprint density at radius 3 is 1.82 bits per heavy atom. The van der Waals surface area contributed by atoms with Crippen LogP contribution in [-0.2, 0) is 11.3 Å². The average molecular weight is 382 g/mol. The van der Waals surface area contributed by atoms with Gasteiger partial charge in [0, 0.05) is 6.54 Å². The highest BCUT2D eigenvalue weighted by molar-refractivity contribution is 5.36. The summed E-state index contributed by atoms with van der Waals surface area (Å²) in [6.45, 7) is 16.9. The smallest absolute Gasteiger partial charge is 0.0961 e. The van der Waals surface area contributed by atoms with Gasteiger partial charge in [-0.1, -0.05) is 56.7 Å². The molecule has 1 heterocycles. The molecule has 2 heteroatoms. The van der Waals surface area contributed by atoms with Gasteiger partial charge in [-0.05, 0) is 87.0 Å². The molecule has 0 spiro atoms. The van der Waals surface area contributed by atoms with Crippen molar-refractivity contribution < 1.29 is 4.74 Å². The lowest BCUT2D eigenvalue weighted by Crippen LogP contribution is -2.34. The average Bonchev–Trinajstić information content (AvgIpc) is 2.69. The summed E-state index contributed by atoms with van der Waals surface area (Å²) in [5, 5.41) is 0. The van der Waals surface area contributed by atoms with Gasteiger partial charge < -0.3 is 9.64 Å². The Morgan fingerprint density at radius 2 is 1.29 bits per heavy atom. The third kappa shape index (κ3) is 5.93. The fourth-order valence-electron chi connectivity index (χ4n) is 4.20. The van der Waals surface area contributed by atoms with E-state index in [9.17, 15) is 0 Å². The van der Waals surface area contributed by atoms with Crippen molar-refractivity contribution in [3.63, 3.8) is 0 Å². The lowest BCUT2D eigenvalue weighted by atomic mass is 9.96. The molecule has 0 bridgehead atoms. The lowest BCUT2D eigenvalue weighted by molar-refractivity contribution is 0.00890. The molecule has 1 saturated heterocycles. The number of nitrogens with zero attached hydrogens (tertiary/aromatic N) is 1. The van der Waals surface area contributed by atoms with Crippen molar-refractivity contribution >= 4 is 0 Å².